The Balaban J connectivity index is 1.33. The van der Waals surface area contributed by atoms with E-state index in [1.807, 2.05) is 18.2 Å². The van der Waals surface area contributed by atoms with Gasteiger partial charge in [0, 0.05) is 5.39 Å². The highest BCUT2D eigenvalue weighted by molar-refractivity contribution is 5.84. The molecule has 194 valence electrons. The van der Waals surface area contributed by atoms with Gasteiger partial charge in [0.05, 0.1) is 0 Å². The van der Waals surface area contributed by atoms with Crippen molar-refractivity contribution < 1.29 is 22.3 Å². The summed E-state index contributed by atoms with van der Waals surface area (Å²) in [5.74, 6) is 0.156. The van der Waals surface area contributed by atoms with E-state index in [-0.39, 0.29) is 5.82 Å². The number of ether oxygens (including phenoxy) is 1. The van der Waals surface area contributed by atoms with Gasteiger partial charge in [-0.2, -0.15) is 8.78 Å². The summed E-state index contributed by atoms with van der Waals surface area (Å²) in [5.41, 5.74) is 2.41. The van der Waals surface area contributed by atoms with E-state index in [4.69, 9.17) is 0 Å². The second-order valence-corrected chi connectivity index (χ2v) is 10.3. The highest BCUT2D eigenvalue weighted by Crippen LogP contribution is 2.34. The van der Waals surface area contributed by atoms with Gasteiger partial charge in [-0.15, -0.1) is 0 Å². The van der Waals surface area contributed by atoms with Crippen LogP contribution in [0.5, 0.6) is 5.75 Å². The lowest BCUT2D eigenvalue weighted by Crippen LogP contribution is -2.15. The molecule has 1 fully saturated rings. The summed E-state index contributed by atoms with van der Waals surface area (Å²) in [6, 6.07) is 13.7. The van der Waals surface area contributed by atoms with Crippen molar-refractivity contribution in [1.29, 1.82) is 0 Å². The van der Waals surface area contributed by atoms with E-state index in [0.29, 0.717) is 29.4 Å². The quantitative estimate of drug-likeness (QED) is 0.238. The van der Waals surface area contributed by atoms with Crippen LogP contribution in [-0.2, 0) is 19.3 Å². The molecule has 0 radical (unpaired) electrons. The van der Waals surface area contributed by atoms with Crippen molar-refractivity contribution in [2.24, 2.45) is 11.8 Å². The molecule has 3 aromatic rings. The molecule has 1 nitrogen and oxygen atoms in total. The van der Waals surface area contributed by atoms with Gasteiger partial charge in [0.2, 0.25) is 0 Å². The largest absolute Gasteiger partial charge is 0.432 e. The van der Waals surface area contributed by atoms with Crippen molar-refractivity contribution in [3.63, 3.8) is 0 Å². The zero-order valence-electron chi connectivity index (χ0n) is 21.0. The molecule has 0 spiro atoms. The third-order valence-electron chi connectivity index (χ3n) is 7.77. The van der Waals surface area contributed by atoms with Gasteiger partial charge >= 0.3 is 6.61 Å². The first-order chi connectivity index (χ1) is 17.4. The van der Waals surface area contributed by atoms with Crippen LogP contribution >= 0.6 is 0 Å². The van der Waals surface area contributed by atoms with Crippen LogP contribution in [0.15, 0.2) is 48.5 Å². The lowest BCUT2D eigenvalue weighted by atomic mass is 9.78. The van der Waals surface area contributed by atoms with E-state index in [1.165, 1.54) is 75.1 Å². The first-order valence-corrected chi connectivity index (χ1v) is 13.4. The Morgan fingerprint density at radius 3 is 2.19 bits per heavy atom. The predicted octanol–water partition coefficient (Wildman–Crippen LogP) is 9.43. The first kappa shape index (κ1) is 26.5. The van der Waals surface area contributed by atoms with Gasteiger partial charge in [0.15, 0.2) is 11.6 Å². The van der Waals surface area contributed by atoms with Crippen molar-refractivity contribution in [2.45, 2.75) is 84.2 Å². The summed E-state index contributed by atoms with van der Waals surface area (Å²) in [5, 5.41) is 1.50. The maximum atomic E-state index is 15.2. The lowest BCUT2D eigenvalue weighted by molar-refractivity contribution is -0.0522. The van der Waals surface area contributed by atoms with Gasteiger partial charge in [-0.25, -0.2) is 8.78 Å². The molecule has 0 aromatic heterocycles. The fourth-order valence-corrected chi connectivity index (χ4v) is 5.58. The van der Waals surface area contributed by atoms with Crippen LogP contribution in [0.4, 0.5) is 17.6 Å². The molecule has 0 heterocycles. The zero-order chi connectivity index (χ0) is 25.5. The third-order valence-corrected chi connectivity index (χ3v) is 7.77. The average molecular weight is 501 g/mol. The van der Waals surface area contributed by atoms with Crippen molar-refractivity contribution in [2.75, 3.05) is 0 Å². The van der Waals surface area contributed by atoms with E-state index in [0.717, 1.165) is 23.6 Å². The number of fused-ring (bicyclic) bond motifs is 1. The number of rotatable bonds is 11. The molecule has 0 unspecified atom stereocenters. The molecule has 1 saturated carbocycles. The molecular weight excluding hydrogens is 464 g/mol. The lowest BCUT2D eigenvalue weighted by Gasteiger charge is -2.28. The van der Waals surface area contributed by atoms with Crippen LogP contribution in [0, 0.1) is 23.5 Å². The Morgan fingerprint density at radius 2 is 1.50 bits per heavy atom. The molecule has 0 N–H and O–H groups in total. The van der Waals surface area contributed by atoms with Crippen LogP contribution in [0.25, 0.3) is 10.8 Å². The number of halogens is 4. The first-order valence-electron chi connectivity index (χ1n) is 13.4. The predicted molar refractivity (Wildman–Crippen MR) is 138 cm³/mol. The number of alkyl halides is 2. The van der Waals surface area contributed by atoms with Crippen LogP contribution < -0.4 is 4.74 Å². The van der Waals surface area contributed by atoms with E-state index in [2.05, 4.69) is 17.7 Å². The van der Waals surface area contributed by atoms with Gasteiger partial charge in [0.1, 0.15) is 5.82 Å². The molecule has 0 saturated heterocycles. The Labute approximate surface area is 211 Å². The summed E-state index contributed by atoms with van der Waals surface area (Å²) in [4.78, 5) is 0. The molecule has 0 bridgehead atoms. The maximum absolute atomic E-state index is 15.2. The Hall–Kier alpha value is -2.56. The SMILES string of the molecule is CCCCC1CCC(CCc2ccc3c(F)c(CCc4ccc(OC(F)F)c(F)c4)ccc3c2)CC1. The van der Waals surface area contributed by atoms with E-state index >= 15 is 4.39 Å². The molecule has 0 atom stereocenters. The summed E-state index contributed by atoms with van der Waals surface area (Å²) < 4.78 is 58.0. The average Bonchev–Trinajstić information content (AvgIpc) is 2.87. The van der Waals surface area contributed by atoms with Crippen LogP contribution in [-0.4, -0.2) is 6.61 Å². The van der Waals surface area contributed by atoms with Crippen molar-refractivity contribution in [3.8, 4) is 5.75 Å². The van der Waals surface area contributed by atoms with Crippen molar-refractivity contribution >= 4 is 10.8 Å². The molecular formula is C31H36F4O. The highest BCUT2D eigenvalue weighted by Gasteiger charge is 2.20. The van der Waals surface area contributed by atoms with Gasteiger partial charge in [0.25, 0.3) is 0 Å². The Kier molecular flexibility index (Phi) is 9.28. The van der Waals surface area contributed by atoms with Gasteiger partial charge in [-0.05, 0) is 71.7 Å². The summed E-state index contributed by atoms with van der Waals surface area (Å²) in [6.07, 6.45) is 12.5. The molecule has 3 aromatic carbocycles. The monoisotopic (exact) mass is 500 g/mol. The Morgan fingerprint density at radius 1 is 0.806 bits per heavy atom. The molecule has 1 aliphatic carbocycles. The highest BCUT2D eigenvalue weighted by atomic mass is 19.3. The fourth-order valence-electron chi connectivity index (χ4n) is 5.58. The van der Waals surface area contributed by atoms with E-state index in [1.54, 1.807) is 6.07 Å². The molecule has 4 rings (SSSR count). The Bertz CT molecular complexity index is 1130. The number of hydrogen-bond donors (Lipinski definition) is 0. The third kappa shape index (κ3) is 7.02. The molecule has 36 heavy (non-hydrogen) atoms. The molecule has 1 aliphatic rings. The topological polar surface area (TPSA) is 9.23 Å². The number of hydrogen-bond acceptors (Lipinski definition) is 1. The number of unbranched alkanes of at least 4 members (excludes halogenated alkanes) is 1. The van der Waals surface area contributed by atoms with Crippen LogP contribution in [0.2, 0.25) is 0 Å². The normalized spacial score (nSPS) is 18.2. The minimum absolute atomic E-state index is 0.248. The molecule has 0 aliphatic heterocycles. The smallest absolute Gasteiger partial charge is 0.387 e. The van der Waals surface area contributed by atoms with Gasteiger partial charge in [-0.1, -0.05) is 88.3 Å². The minimum atomic E-state index is -3.08. The fraction of sp³-hybridized carbons (Fsp3) is 0.484. The minimum Gasteiger partial charge on any atom is -0.432 e. The second-order valence-electron chi connectivity index (χ2n) is 10.3. The number of aryl methyl sites for hydroxylation is 3. The summed E-state index contributed by atoms with van der Waals surface area (Å²) >= 11 is 0. The van der Waals surface area contributed by atoms with Gasteiger partial charge in [-0.3, -0.25) is 0 Å². The summed E-state index contributed by atoms with van der Waals surface area (Å²) in [7, 11) is 0. The second kappa shape index (κ2) is 12.6. The van der Waals surface area contributed by atoms with Crippen molar-refractivity contribution in [3.05, 3.63) is 76.9 Å². The van der Waals surface area contributed by atoms with Gasteiger partial charge < -0.3 is 4.74 Å². The van der Waals surface area contributed by atoms with E-state index in [9.17, 15) is 13.2 Å². The summed E-state index contributed by atoms with van der Waals surface area (Å²) in [6.45, 7) is -0.810. The van der Waals surface area contributed by atoms with Crippen LogP contribution in [0.1, 0.15) is 75.0 Å². The van der Waals surface area contributed by atoms with Crippen molar-refractivity contribution in [1.82, 2.24) is 0 Å². The molecule has 0 amide bonds. The van der Waals surface area contributed by atoms with E-state index < -0.39 is 18.2 Å². The maximum Gasteiger partial charge on any atom is 0.387 e. The molecule has 5 heteroatoms. The van der Waals surface area contributed by atoms with Crippen LogP contribution in [0.3, 0.4) is 0 Å². The number of benzene rings is 3. The zero-order valence-corrected chi connectivity index (χ0v) is 21.0. The standard InChI is InChI=1S/C31H36F4O/c1-2-3-4-21-5-7-22(8-6-21)9-10-23-12-17-27-26(19-23)16-15-25(30(27)33)14-11-24-13-18-29(28(32)20-24)36-31(34)35/h12-13,15-22,31H,2-11,14H2,1H3.